The zero-order chi connectivity index (χ0) is 19.3. The van der Waals surface area contributed by atoms with Gasteiger partial charge in [-0.05, 0) is 25.1 Å². The van der Waals surface area contributed by atoms with Crippen LogP contribution in [0.5, 0.6) is 0 Å². The molecule has 4 heterocycles. The third-order valence-corrected chi connectivity index (χ3v) is 7.33. The number of rotatable bonds is 3. The number of carbonyl (C=O) groups excluding carboxylic acids is 1. The molecule has 4 aromatic rings. The lowest BCUT2D eigenvalue weighted by Gasteiger charge is -2.24. The highest BCUT2D eigenvalue weighted by molar-refractivity contribution is 7.23. The third-order valence-electron chi connectivity index (χ3n) is 5.27. The van der Waals surface area contributed by atoms with E-state index in [0.717, 1.165) is 52.2 Å². The maximum absolute atomic E-state index is 12.9. The number of thiophene rings is 1. The van der Waals surface area contributed by atoms with Gasteiger partial charge in [-0.25, -0.2) is 9.97 Å². The Morgan fingerprint density at radius 1 is 1.29 bits per heavy atom. The molecule has 0 bridgehead atoms. The number of amides is 1. The second-order valence-electron chi connectivity index (χ2n) is 7.01. The fourth-order valence-electron chi connectivity index (χ4n) is 3.69. The maximum Gasteiger partial charge on any atom is 0.269 e. The van der Waals surface area contributed by atoms with Gasteiger partial charge >= 0.3 is 0 Å². The molecular formula is C20H20N5OS2+. The Kier molecular flexibility index (Phi) is 4.26. The summed E-state index contributed by atoms with van der Waals surface area (Å²) >= 11 is 2.82. The summed E-state index contributed by atoms with van der Waals surface area (Å²) in [7, 11) is 0. The SMILES string of the molecule is CC[NH+]1CCc2nc3sc(C(=O)Nc4nc5ccccc5s4)c(N)c3cc2C1. The van der Waals surface area contributed by atoms with Crippen LogP contribution in [0.4, 0.5) is 10.8 Å². The molecule has 1 aromatic carbocycles. The fourth-order valence-corrected chi connectivity index (χ4v) is 5.54. The highest BCUT2D eigenvalue weighted by atomic mass is 32.1. The Morgan fingerprint density at radius 2 is 2.14 bits per heavy atom. The Bertz CT molecular complexity index is 1180. The predicted molar refractivity (Wildman–Crippen MR) is 115 cm³/mol. The summed E-state index contributed by atoms with van der Waals surface area (Å²) in [5.41, 5.74) is 10.1. The van der Waals surface area contributed by atoms with Crippen molar-refractivity contribution >= 4 is 59.8 Å². The van der Waals surface area contributed by atoms with E-state index in [-0.39, 0.29) is 5.91 Å². The monoisotopic (exact) mass is 410 g/mol. The first-order valence-corrected chi connectivity index (χ1v) is 11.0. The van der Waals surface area contributed by atoms with E-state index in [1.54, 1.807) is 4.90 Å². The van der Waals surface area contributed by atoms with Crippen LogP contribution in [0.3, 0.4) is 0 Å². The molecule has 6 nitrogen and oxygen atoms in total. The summed E-state index contributed by atoms with van der Waals surface area (Å²) in [6.45, 7) is 5.38. The predicted octanol–water partition coefficient (Wildman–Crippen LogP) is 2.70. The van der Waals surface area contributed by atoms with Gasteiger partial charge in [-0.15, -0.1) is 11.3 Å². The van der Waals surface area contributed by atoms with Gasteiger partial charge in [0.1, 0.15) is 16.3 Å². The number of benzene rings is 1. The Balaban J connectivity index is 1.48. The van der Waals surface area contributed by atoms with Crippen molar-refractivity contribution in [1.29, 1.82) is 0 Å². The van der Waals surface area contributed by atoms with Crippen LogP contribution in [-0.2, 0) is 13.0 Å². The lowest BCUT2D eigenvalue weighted by Crippen LogP contribution is -3.11. The minimum atomic E-state index is -0.224. The molecule has 0 saturated heterocycles. The lowest BCUT2D eigenvalue weighted by molar-refractivity contribution is -0.914. The number of hydrogen-bond donors (Lipinski definition) is 3. The van der Waals surface area contributed by atoms with Gasteiger partial charge in [0, 0.05) is 17.4 Å². The van der Waals surface area contributed by atoms with Crippen molar-refractivity contribution in [3.8, 4) is 0 Å². The number of nitrogen functional groups attached to an aromatic ring is 1. The topological polar surface area (TPSA) is 85.3 Å². The first kappa shape index (κ1) is 17.5. The number of thiazole rings is 1. The van der Waals surface area contributed by atoms with Crippen LogP contribution in [0.2, 0.25) is 0 Å². The number of pyridine rings is 1. The summed E-state index contributed by atoms with van der Waals surface area (Å²) in [5.74, 6) is -0.224. The summed E-state index contributed by atoms with van der Waals surface area (Å²) in [5, 5.41) is 4.37. The summed E-state index contributed by atoms with van der Waals surface area (Å²) in [4.78, 5) is 25.0. The van der Waals surface area contributed by atoms with Crippen molar-refractivity contribution in [2.75, 3.05) is 24.1 Å². The minimum absolute atomic E-state index is 0.224. The van der Waals surface area contributed by atoms with Gasteiger partial charge in [0.15, 0.2) is 5.13 Å². The molecule has 1 atom stereocenters. The zero-order valence-corrected chi connectivity index (χ0v) is 17.0. The fraction of sp³-hybridized carbons (Fsp3) is 0.250. The van der Waals surface area contributed by atoms with Crippen molar-refractivity contribution in [3.63, 3.8) is 0 Å². The Morgan fingerprint density at radius 3 is 2.96 bits per heavy atom. The van der Waals surface area contributed by atoms with Crippen molar-refractivity contribution in [2.45, 2.75) is 19.9 Å². The van der Waals surface area contributed by atoms with Crippen molar-refractivity contribution in [1.82, 2.24) is 9.97 Å². The molecule has 8 heteroatoms. The lowest BCUT2D eigenvalue weighted by atomic mass is 10.0. The number of para-hydroxylation sites is 1. The van der Waals surface area contributed by atoms with Crippen LogP contribution < -0.4 is 16.0 Å². The molecule has 1 amide bonds. The van der Waals surface area contributed by atoms with Gasteiger partial charge in [0.2, 0.25) is 0 Å². The maximum atomic E-state index is 12.9. The highest BCUT2D eigenvalue weighted by Crippen LogP contribution is 2.35. The summed E-state index contributed by atoms with van der Waals surface area (Å²) in [6, 6.07) is 9.96. The Labute approximate surface area is 170 Å². The van der Waals surface area contributed by atoms with Crippen molar-refractivity contribution < 1.29 is 9.69 Å². The van der Waals surface area contributed by atoms with Crippen LogP contribution in [0, 0.1) is 0 Å². The van der Waals surface area contributed by atoms with E-state index in [9.17, 15) is 4.79 Å². The van der Waals surface area contributed by atoms with Crippen molar-refractivity contribution in [2.24, 2.45) is 0 Å². The van der Waals surface area contributed by atoms with E-state index < -0.39 is 0 Å². The number of likely N-dealkylation sites (N-methyl/N-ethyl adjacent to an activating group) is 1. The van der Waals surface area contributed by atoms with Crippen LogP contribution in [0.15, 0.2) is 30.3 Å². The Hall–Kier alpha value is -2.55. The number of quaternary nitrogens is 1. The third kappa shape index (κ3) is 2.94. The number of anilines is 2. The molecule has 5 rings (SSSR count). The molecule has 0 radical (unpaired) electrons. The van der Waals surface area contributed by atoms with E-state index in [2.05, 4.69) is 23.3 Å². The molecule has 0 aliphatic carbocycles. The molecule has 0 fully saturated rings. The molecule has 0 saturated carbocycles. The number of hydrogen-bond acceptors (Lipinski definition) is 6. The standard InChI is InChI=1S/C20H19N5OS2/c1-2-25-8-7-13-11(10-25)9-12-16(21)17(28-19(12)22-13)18(26)24-20-23-14-5-3-4-6-15(14)27-20/h3-6,9H,2,7-8,10,21H2,1H3,(H,23,24,26)/p+1. The molecule has 28 heavy (non-hydrogen) atoms. The van der Waals surface area contributed by atoms with Gasteiger partial charge in [-0.3, -0.25) is 10.1 Å². The highest BCUT2D eigenvalue weighted by Gasteiger charge is 2.24. The second kappa shape index (κ2) is 6.80. The first-order valence-electron chi connectivity index (χ1n) is 9.33. The van der Waals surface area contributed by atoms with Gasteiger partial charge in [0.05, 0.1) is 34.7 Å². The number of carbonyl (C=O) groups is 1. The molecule has 1 aliphatic heterocycles. The smallest absolute Gasteiger partial charge is 0.269 e. The molecule has 3 aromatic heterocycles. The van der Waals surface area contributed by atoms with E-state index in [0.29, 0.717) is 15.7 Å². The van der Waals surface area contributed by atoms with Gasteiger partial charge < -0.3 is 10.6 Å². The largest absolute Gasteiger partial charge is 0.397 e. The molecular weight excluding hydrogens is 390 g/mol. The first-order chi connectivity index (χ1) is 13.6. The van der Waals surface area contributed by atoms with E-state index >= 15 is 0 Å². The quantitative estimate of drug-likeness (QED) is 0.485. The number of nitrogens with two attached hydrogens (primary N) is 1. The van der Waals surface area contributed by atoms with E-state index in [4.69, 9.17) is 10.7 Å². The number of fused-ring (bicyclic) bond motifs is 3. The molecule has 4 N–H and O–H groups in total. The molecule has 142 valence electrons. The molecule has 1 aliphatic rings. The van der Waals surface area contributed by atoms with Crippen LogP contribution in [0.1, 0.15) is 27.9 Å². The minimum Gasteiger partial charge on any atom is -0.397 e. The van der Waals surface area contributed by atoms with Gasteiger partial charge in [-0.1, -0.05) is 23.5 Å². The van der Waals surface area contributed by atoms with Crippen LogP contribution in [-0.4, -0.2) is 29.0 Å². The van der Waals surface area contributed by atoms with Crippen molar-refractivity contribution in [3.05, 3.63) is 46.5 Å². The normalized spacial score (nSPS) is 16.4. The van der Waals surface area contributed by atoms with Gasteiger partial charge in [-0.2, -0.15) is 0 Å². The average Bonchev–Trinajstić information content (AvgIpc) is 3.26. The summed E-state index contributed by atoms with van der Waals surface area (Å²) < 4.78 is 1.04. The molecule has 0 spiro atoms. The van der Waals surface area contributed by atoms with E-state index in [1.807, 2.05) is 24.3 Å². The summed E-state index contributed by atoms with van der Waals surface area (Å²) in [6.07, 6.45) is 0.972. The zero-order valence-electron chi connectivity index (χ0n) is 15.4. The average molecular weight is 411 g/mol. The molecule has 1 unspecified atom stereocenters. The van der Waals surface area contributed by atoms with Gasteiger partial charge in [0.25, 0.3) is 5.91 Å². The van der Waals surface area contributed by atoms with Crippen LogP contribution in [0.25, 0.3) is 20.4 Å². The number of nitrogens with zero attached hydrogens (tertiary/aromatic N) is 2. The second-order valence-corrected chi connectivity index (χ2v) is 9.04. The number of nitrogens with one attached hydrogen (secondary N) is 2. The van der Waals surface area contributed by atoms with E-state index in [1.165, 1.54) is 28.2 Å². The van der Waals surface area contributed by atoms with Crippen LogP contribution >= 0.6 is 22.7 Å². The number of aromatic nitrogens is 2.